The third-order valence-electron chi connectivity index (χ3n) is 0.697. The molecular formula is C6H12O3. The minimum Gasteiger partial charge on any atom is -0.466 e. The minimum atomic E-state index is -2.77. The lowest BCUT2D eigenvalue weighted by Gasteiger charge is -2.02. The van der Waals surface area contributed by atoms with Crippen molar-refractivity contribution in [3.05, 3.63) is 0 Å². The van der Waals surface area contributed by atoms with Crippen LogP contribution in [0, 0.1) is 0 Å². The average molecular weight is 136 g/mol. The zero-order valence-electron chi connectivity index (χ0n) is 9.18. The van der Waals surface area contributed by atoms with E-state index < -0.39 is 18.9 Å². The molecule has 0 aliphatic rings. The molecule has 0 saturated heterocycles. The van der Waals surface area contributed by atoms with E-state index in [9.17, 15) is 4.79 Å². The van der Waals surface area contributed by atoms with Crippen LogP contribution in [0.4, 0.5) is 0 Å². The largest absolute Gasteiger partial charge is 0.466 e. The molecule has 9 heavy (non-hydrogen) atoms. The van der Waals surface area contributed by atoms with Gasteiger partial charge in [-0.05, 0) is 6.92 Å². The third-order valence-corrected chi connectivity index (χ3v) is 0.697. The maximum absolute atomic E-state index is 10.6. The Bertz CT molecular complexity index is 181. The monoisotopic (exact) mass is 136 g/mol. The van der Waals surface area contributed by atoms with Gasteiger partial charge in [0, 0.05) is 17.4 Å². The van der Waals surface area contributed by atoms with Crippen LogP contribution >= 0.6 is 0 Å². The van der Waals surface area contributed by atoms with Gasteiger partial charge in [0.05, 0.1) is 14.1 Å². The van der Waals surface area contributed by atoms with Crippen LogP contribution in [0.3, 0.4) is 0 Å². The second-order valence-electron chi connectivity index (χ2n) is 1.62. The lowest BCUT2D eigenvalue weighted by atomic mass is 10.3. The normalized spacial score (nSPS) is 24.2. The smallest absolute Gasteiger partial charge is 0.302 e. The minimum absolute atomic E-state index is 0.116. The van der Waals surface area contributed by atoms with Crippen molar-refractivity contribution in [3.63, 3.8) is 0 Å². The summed E-state index contributed by atoms with van der Waals surface area (Å²) in [6.07, 6.45) is -1.82. The van der Waals surface area contributed by atoms with Crippen molar-refractivity contribution in [2.45, 2.75) is 26.3 Å². The number of rotatable bonds is 3. The van der Waals surface area contributed by atoms with Crippen LogP contribution in [0.15, 0.2) is 0 Å². The van der Waals surface area contributed by atoms with E-state index in [4.69, 9.17) is 10.6 Å². The van der Waals surface area contributed by atoms with E-state index in [2.05, 4.69) is 4.74 Å². The predicted molar refractivity (Wildman–Crippen MR) is 32.9 cm³/mol. The second-order valence-corrected chi connectivity index (χ2v) is 1.62. The average Bonchev–Trinajstić information content (AvgIpc) is 1.82. The topological polar surface area (TPSA) is 46.5 Å². The molecule has 1 unspecified atom stereocenters. The summed E-state index contributed by atoms with van der Waals surface area (Å²) in [5, 5.41) is 8.87. The number of hydrogen-bond donors (Lipinski definition) is 1. The summed E-state index contributed by atoms with van der Waals surface area (Å²) in [5.74, 6) is -1.31. The van der Waals surface area contributed by atoms with Crippen molar-refractivity contribution in [1.29, 1.82) is 0 Å². The highest BCUT2D eigenvalue weighted by Crippen LogP contribution is 1.89. The Balaban J connectivity index is 3.74. The third kappa shape index (κ3) is 7.43. The van der Waals surface area contributed by atoms with E-state index in [1.807, 2.05) is 0 Å². The van der Waals surface area contributed by atoms with E-state index >= 15 is 0 Å². The molecule has 54 valence electrons. The molecule has 1 atom stereocenters. The molecule has 3 nitrogen and oxygen atoms in total. The van der Waals surface area contributed by atoms with Crippen LogP contribution in [-0.2, 0) is 9.53 Å². The number of hydrogen-bond acceptors (Lipinski definition) is 3. The Labute approximate surface area is 60.3 Å². The number of ether oxygens (including phenoxy) is 1. The summed E-state index contributed by atoms with van der Waals surface area (Å²) < 4.78 is 31.1. The van der Waals surface area contributed by atoms with Gasteiger partial charge in [0.25, 0.3) is 0 Å². The summed E-state index contributed by atoms with van der Waals surface area (Å²) in [6.45, 7) is -1.82. The lowest BCUT2D eigenvalue weighted by molar-refractivity contribution is -0.141. The number of aliphatic hydroxyl groups is 1. The Hall–Kier alpha value is -0.570. The van der Waals surface area contributed by atoms with Gasteiger partial charge in [-0.2, -0.15) is 0 Å². The van der Waals surface area contributed by atoms with Crippen molar-refractivity contribution in [1.82, 2.24) is 0 Å². The number of esters is 1. The SMILES string of the molecule is [2H]C(C)(O)CCOC(=O)C([2H])([2H])[2H]. The van der Waals surface area contributed by atoms with Gasteiger partial charge < -0.3 is 9.84 Å². The molecule has 0 aliphatic carbocycles. The quantitative estimate of drug-likeness (QED) is 0.568. The predicted octanol–water partition coefficient (Wildman–Crippen LogP) is 0.320. The van der Waals surface area contributed by atoms with E-state index in [0.717, 1.165) is 0 Å². The van der Waals surface area contributed by atoms with Crippen molar-refractivity contribution in [3.8, 4) is 0 Å². The van der Waals surface area contributed by atoms with Crippen LogP contribution in [-0.4, -0.2) is 23.8 Å². The molecule has 0 spiro atoms. The molecule has 1 N–H and O–H groups in total. The summed E-state index contributed by atoms with van der Waals surface area (Å²) in [5.41, 5.74) is 0. The fourth-order valence-corrected chi connectivity index (χ4v) is 0.291. The van der Waals surface area contributed by atoms with Gasteiger partial charge in [0.2, 0.25) is 0 Å². The molecule has 0 aromatic rings. The number of carbonyl (C=O) groups is 1. The van der Waals surface area contributed by atoms with E-state index in [1.54, 1.807) is 0 Å². The molecule has 0 radical (unpaired) electrons. The molecule has 3 heteroatoms. The highest BCUT2D eigenvalue weighted by Gasteiger charge is 1.96. The first kappa shape index (κ1) is 3.56. The van der Waals surface area contributed by atoms with Crippen molar-refractivity contribution >= 4 is 5.97 Å². The second kappa shape index (κ2) is 4.32. The van der Waals surface area contributed by atoms with E-state index in [1.165, 1.54) is 6.92 Å². The Morgan fingerprint density at radius 2 is 2.78 bits per heavy atom. The molecule has 0 aliphatic heterocycles. The highest BCUT2D eigenvalue weighted by molar-refractivity contribution is 5.65. The molecular weight excluding hydrogens is 120 g/mol. The Kier molecular flexibility index (Phi) is 1.71. The van der Waals surface area contributed by atoms with Crippen molar-refractivity contribution in [2.75, 3.05) is 6.61 Å². The summed E-state index contributed by atoms with van der Waals surface area (Å²) >= 11 is 0. The van der Waals surface area contributed by atoms with Gasteiger partial charge in [-0.1, -0.05) is 0 Å². The molecule has 0 fully saturated rings. The van der Waals surface area contributed by atoms with Crippen molar-refractivity contribution < 1.29 is 20.1 Å². The molecule has 0 rings (SSSR count). The molecule has 0 saturated carbocycles. The molecule has 0 bridgehead atoms. The van der Waals surface area contributed by atoms with Gasteiger partial charge >= 0.3 is 5.97 Å². The summed E-state index contributed by atoms with van der Waals surface area (Å²) in [4.78, 5) is 10.6. The first-order valence-corrected chi connectivity index (χ1v) is 2.52. The summed E-state index contributed by atoms with van der Waals surface area (Å²) in [6, 6.07) is 0. The Morgan fingerprint density at radius 3 is 3.22 bits per heavy atom. The van der Waals surface area contributed by atoms with Crippen LogP contribution in [0.5, 0.6) is 0 Å². The maximum Gasteiger partial charge on any atom is 0.302 e. The fraction of sp³-hybridized carbons (Fsp3) is 0.833. The summed E-state index contributed by atoms with van der Waals surface area (Å²) in [7, 11) is 0. The van der Waals surface area contributed by atoms with Gasteiger partial charge in [-0.25, -0.2) is 0 Å². The molecule has 0 heterocycles. The number of carbonyl (C=O) groups excluding carboxylic acids is 1. The molecule has 0 amide bonds. The van der Waals surface area contributed by atoms with Gasteiger partial charge in [0.15, 0.2) is 0 Å². The zero-order valence-corrected chi connectivity index (χ0v) is 5.18. The van der Waals surface area contributed by atoms with Crippen molar-refractivity contribution in [2.24, 2.45) is 0 Å². The maximum atomic E-state index is 10.6. The van der Waals surface area contributed by atoms with Crippen LogP contribution in [0.25, 0.3) is 0 Å². The Morgan fingerprint density at radius 1 is 2.11 bits per heavy atom. The molecule has 0 aromatic carbocycles. The fourth-order valence-electron chi connectivity index (χ4n) is 0.291. The van der Waals surface area contributed by atoms with E-state index in [0.29, 0.717) is 0 Å². The first-order valence-electron chi connectivity index (χ1n) is 4.52. The van der Waals surface area contributed by atoms with Gasteiger partial charge in [0.1, 0.15) is 0 Å². The standard InChI is InChI=1S/C6H12O3/c1-5(7)3-4-9-6(2)8/h5,7H,3-4H2,1-2H3/i2D3,5D. The lowest BCUT2D eigenvalue weighted by Crippen LogP contribution is -2.07. The van der Waals surface area contributed by atoms with E-state index in [-0.39, 0.29) is 13.0 Å². The van der Waals surface area contributed by atoms with Crippen LogP contribution in [0.2, 0.25) is 0 Å². The highest BCUT2D eigenvalue weighted by atomic mass is 16.5. The van der Waals surface area contributed by atoms with Gasteiger partial charge in [-0.15, -0.1) is 0 Å². The zero-order chi connectivity index (χ0) is 10.7. The van der Waals surface area contributed by atoms with Crippen LogP contribution in [0.1, 0.15) is 25.7 Å². The molecule has 0 aromatic heterocycles. The van der Waals surface area contributed by atoms with Gasteiger partial charge in [-0.3, -0.25) is 4.79 Å². The van der Waals surface area contributed by atoms with Crippen LogP contribution < -0.4 is 0 Å². The first-order chi connectivity index (χ1) is 5.63.